The van der Waals surface area contributed by atoms with E-state index < -0.39 is 22.5 Å². The maximum Gasteiger partial charge on any atom is 0.229 e. The molecule has 0 spiro atoms. The Morgan fingerprint density at radius 2 is 1.63 bits per heavy atom. The molecule has 0 aliphatic carbocycles. The zero-order valence-electron chi connectivity index (χ0n) is 9.72. The van der Waals surface area contributed by atoms with Gasteiger partial charge in [0.05, 0.1) is 11.4 Å². The van der Waals surface area contributed by atoms with E-state index in [-0.39, 0.29) is 11.4 Å². The zero-order valence-corrected chi connectivity index (χ0v) is 10.6. The molecule has 6 heteroatoms. The first-order valence-electron chi connectivity index (χ1n) is 5.30. The Labute approximate surface area is 111 Å². The molecule has 0 aliphatic rings. The summed E-state index contributed by atoms with van der Waals surface area (Å²) in [6, 6.07) is 8.91. The van der Waals surface area contributed by atoms with E-state index in [1.54, 1.807) is 12.1 Å². The number of benzene rings is 2. The highest BCUT2D eigenvalue weighted by molar-refractivity contribution is 7.74. The molecule has 0 fully saturated rings. The molecule has 1 radical (unpaired) electrons. The molecule has 0 unspecified atom stereocenters. The summed E-state index contributed by atoms with van der Waals surface area (Å²) in [7, 11) is -3.10. The lowest BCUT2D eigenvalue weighted by Gasteiger charge is -2.18. The predicted octanol–water partition coefficient (Wildman–Crippen LogP) is 2.81. The SMILES string of the molecule is [CH2]c1ccc(N(c2ccc(F)cc2F)[SH](=O)=O)cc1. The van der Waals surface area contributed by atoms with E-state index in [1.807, 2.05) is 0 Å². The highest BCUT2D eigenvalue weighted by Gasteiger charge is 2.16. The van der Waals surface area contributed by atoms with Crippen LogP contribution in [0.4, 0.5) is 20.2 Å². The fraction of sp³-hybridized carbons (Fsp3) is 0. The molecular weight excluding hydrogens is 272 g/mol. The highest BCUT2D eigenvalue weighted by Crippen LogP contribution is 2.28. The Morgan fingerprint density at radius 1 is 1.00 bits per heavy atom. The quantitative estimate of drug-likeness (QED) is 0.879. The van der Waals surface area contributed by atoms with Gasteiger partial charge < -0.3 is 0 Å². The Hall–Kier alpha value is -1.95. The lowest BCUT2D eigenvalue weighted by molar-refractivity contribution is 0.582. The summed E-state index contributed by atoms with van der Waals surface area (Å²) in [6.07, 6.45) is 0. The third-order valence-electron chi connectivity index (χ3n) is 2.48. The fourth-order valence-electron chi connectivity index (χ4n) is 1.61. The molecule has 0 aliphatic heterocycles. The van der Waals surface area contributed by atoms with Crippen LogP contribution in [-0.4, -0.2) is 8.42 Å². The van der Waals surface area contributed by atoms with Gasteiger partial charge in [0.2, 0.25) is 10.9 Å². The molecule has 2 aromatic rings. The second-order valence-corrected chi connectivity index (χ2v) is 4.69. The van der Waals surface area contributed by atoms with Crippen LogP contribution in [-0.2, 0) is 10.9 Å². The summed E-state index contributed by atoms with van der Waals surface area (Å²) >= 11 is 0. The van der Waals surface area contributed by atoms with Gasteiger partial charge in [0, 0.05) is 6.07 Å². The average Bonchev–Trinajstić information content (AvgIpc) is 2.34. The molecule has 0 saturated heterocycles. The van der Waals surface area contributed by atoms with Gasteiger partial charge in [0.25, 0.3) is 0 Å². The number of thiol groups is 1. The lowest BCUT2D eigenvalue weighted by atomic mass is 10.2. The third kappa shape index (κ3) is 2.90. The highest BCUT2D eigenvalue weighted by atomic mass is 32.2. The molecule has 0 bridgehead atoms. The third-order valence-corrected chi connectivity index (χ3v) is 3.26. The van der Waals surface area contributed by atoms with E-state index in [9.17, 15) is 17.2 Å². The number of nitrogens with zero attached hydrogens (tertiary/aromatic N) is 1. The van der Waals surface area contributed by atoms with Gasteiger partial charge in [-0.15, -0.1) is 0 Å². The van der Waals surface area contributed by atoms with Crippen molar-refractivity contribution >= 4 is 22.3 Å². The van der Waals surface area contributed by atoms with Gasteiger partial charge in [0.1, 0.15) is 5.82 Å². The Morgan fingerprint density at radius 3 is 2.16 bits per heavy atom. The topological polar surface area (TPSA) is 37.4 Å². The van der Waals surface area contributed by atoms with Gasteiger partial charge in [-0.05, 0) is 36.8 Å². The molecule has 0 saturated carbocycles. The minimum atomic E-state index is -3.10. The molecule has 2 rings (SSSR count). The Balaban J connectivity index is 2.55. The van der Waals surface area contributed by atoms with Crippen LogP contribution >= 0.6 is 0 Å². The number of anilines is 2. The van der Waals surface area contributed by atoms with Crippen LogP contribution in [0.2, 0.25) is 0 Å². The van der Waals surface area contributed by atoms with E-state index in [2.05, 4.69) is 6.92 Å². The van der Waals surface area contributed by atoms with Gasteiger partial charge in [-0.2, -0.15) is 0 Å². The number of hydrogen-bond acceptors (Lipinski definition) is 2. The summed E-state index contributed by atoms with van der Waals surface area (Å²) in [6.45, 7) is 3.67. The lowest BCUT2D eigenvalue weighted by Crippen LogP contribution is -2.15. The van der Waals surface area contributed by atoms with Crippen LogP contribution in [0, 0.1) is 18.6 Å². The number of rotatable bonds is 3. The fourth-order valence-corrected chi connectivity index (χ4v) is 2.27. The van der Waals surface area contributed by atoms with Crippen molar-refractivity contribution in [2.24, 2.45) is 0 Å². The minimum Gasteiger partial charge on any atom is -0.238 e. The number of halogens is 2. The van der Waals surface area contributed by atoms with Gasteiger partial charge >= 0.3 is 0 Å². The van der Waals surface area contributed by atoms with Crippen molar-refractivity contribution in [3.63, 3.8) is 0 Å². The van der Waals surface area contributed by atoms with Crippen molar-refractivity contribution in [1.82, 2.24) is 0 Å². The standard InChI is InChI=1S/C13H10F2NO2S/c1-9-2-5-11(6-3-9)16(19(17)18)13-7-4-10(14)8-12(13)15/h2-8,19H,1H2. The van der Waals surface area contributed by atoms with E-state index in [4.69, 9.17) is 0 Å². The second-order valence-electron chi connectivity index (χ2n) is 3.81. The van der Waals surface area contributed by atoms with E-state index >= 15 is 0 Å². The van der Waals surface area contributed by atoms with E-state index in [0.29, 0.717) is 11.6 Å². The first kappa shape index (κ1) is 13.5. The van der Waals surface area contributed by atoms with Crippen LogP contribution in [0.5, 0.6) is 0 Å². The summed E-state index contributed by atoms with van der Waals surface area (Å²) < 4.78 is 49.9. The molecule has 0 amide bonds. The van der Waals surface area contributed by atoms with Gasteiger partial charge in [-0.25, -0.2) is 21.5 Å². The zero-order chi connectivity index (χ0) is 14.0. The molecule has 19 heavy (non-hydrogen) atoms. The molecule has 2 aromatic carbocycles. The molecular formula is C13H10F2NO2S. The van der Waals surface area contributed by atoms with Crippen molar-refractivity contribution in [3.8, 4) is 0 Å². The summed E-state index contributed by atoms with van der Waals surface area (Å²) in [5.41, 5.74) is 0.729. The van der Waals surface area contributed by atoms with Crippen LogP contribution in [0.3, 0.4) is 0 Å². The maximum atomic E-state index is 13.7. The van der Waals surface area contributed by atoms with Crippen LogP contribution in [0.25, 0.3) is 0 Å². The van der Waals surface area contributed by atoms with Crippen molar-refractivity contribution in [2.45, 2.75) is 0 Å². The minimum absolute atomic E-state index is 0.227. The smallest absolute Gasteiger partial charge is 0.229 e. The second kappa shape index (κ2) is 5.36. The molecule has 0 heterocycles. The largest absolute Gasteiger partial charge is 0.238 e. The van der Waals surface area contributed by atoms with Crippen LogP contribution in [0.1, 0.15) is 5.56 Å². The van der Waals surface area contributed by atoms with Gasteiger partial charge in [-0.3, -0.25) is 0 Å². The maximum absolute atomic E-state index is 13.7. The molecule has 3 nitrogen and oxygen atoms in total. The average molecular weight is 282 g/mol. The summed E-state index contributed by atoms with van der Waals surface area (Å²) in [5.74, 6) is -1.71. The molecule has 99 valence electrons. The molecule has 0 atom stereocenters. The predicted molar refractivity (Wildman–Crippen MR) is 69.7 cm³/mol. The van der Waals surface area contributed by atoms with Crippen molar-refractivity contribution < 1.29 is 17.2 Å². The Kier molecular flexibility index (Phi) is 3.80. The van der Waals surface area contributed by atoms with E-state index in [0.717, 1.165) is 16.4 Å². The molecule has 0 N–H and O–H groups in total. The summed E-state index contributed by atoms with van der Waals surface area (Å²) in [5, 5.41) is 0. The van der Waals surface area contributed by atoms with Gasteiger partial charge in [0.15, 0.2) is 5.82 Å². The van der Waals surface area contributed by atoms with Gasteiger partial charge in [-0.1, -0.05) is 12.1 Å². The molecule has 0 aromatic heterocycles. The number of hydrogen-bond donors (Lipinski definition) is 1. The van der Waals surface area contributed by atoms with Crippen LogP contribution < -0.4 is 4.31 Å². The monoisotopic (exact) mass is 282 g/mol. The first-order valence-corrected chi connectivity index (χ1v) is 6.43. The normalized spacial score (nSPS) is 10.7. The van der Waals surface area contributed by atoms with Crippen LogP contribution in [0.15, 0.2) is 42.5 Å². The summed E-state index contributed by atoms with van der Waals surface area (Å²) in [4.78, 5) is 0. The van der Waals surface area contributed by atoms with E-state index in [1.165, 1.54) is 12.1 Å². The first-order chi connectivity index (χ1) is 8.99. The Bertz CT molecular complexity index is 661. The van der Waals surface area contributed by atoms with Crippen molar-refractivity contribution in [1.29, 1.82) is 0 Å². The van der Waals surface area contributed by atoms with Crippen molar-refractivity contribution in [3.05, 3.63) is 66.6 Å². The van der Waals surface area contributed by atoms with Crippen molar-refractivity contribution in [2.75, 3.05) is 4.31 Å².